The van der Waals surface area contributed by atoms with Crippen LogP contribution in [0.4, 0.5) is 5.69 Å². The van der Waals surface area contributed by atoms with Crippen molar-refractivity contribution >= 4 is 29.3 Å². The Labute approximate surface area is 192 Å². The fraction of sp³-hybridized carbons (Fsp3) is 0.231. The molecule has 1 aliphatic rings. The molecule has 0 aromatic heterocycles. The van der Waals surface area contributed by atoms with Crippen LogP contribution in [0.5, 0.6) is 0 Å². The van der Waals surface area contributed by atoms with Gasteiger partial charge >= 0.3 is 0 Å². The van der Waals surface area contributed by atoms with Crippen molar-refractivity contribution < 1.29 is 14.3 Å². The predicted molar refractivity (Wildman–Crippen MR) is 128 cm³/mol. The molecule has 1 N–H and O–H groups in total. The lowest BCUT2D eigenvalue weighted by Gasteiger charge is -2.17. The highest BCUT2D eigenvalue weighted by Crippen LogP contribution is 2.29. The van der Waals surface area contributed by atoms with Crippen LogP contribution in [0.3, 0.4) is 0 Å². The molecule has 6 heteroatoms. The molecule has 0 spiro atoms. The van der Waals surface area contributed by atoms with Crippen LogP contribution in [0.1, 0.15) is 27.0 Å². The van der Waals surface area contributed by atoms with Crippen LogP contribution in [0.15, 0.2) is 77.7 Å². The van der Waals surface area contributed by atoms with Crippen LogP contribution in [0.2, 0.25) is 0 Å². The second kappa shape index (κ2) is 10.5. The summed E-state index contributed by atoms with van der Waals surface area (Å²) in [6.07, 6.45) is 0.887. The third-order valence-corrected chi connectivity index (χ3v) is 6.52. The molecule has 0 bridgehead atoms. The zero-order valence-corrected chi connectivity index (χ0v) is 18.9. The van der Waals surface area contributed by atoms with Crippen LogP contribution in [0, 0.1) is 0 Å². The van der Waals surface area contributed by atoms with Gasteiger partial charge in [0.2, 0.25) is 5.91 Å². The summed E-state index contributed by atoms with van der Waals surface area (Å²) >= 11 is 1.41. The van der Waals surface area contributed by atoms with Crippen LogP contribution < -0.4 is 10.2 Å². The first-order valence-electron chi connectivity index (χ1n) is 10.6. The van der Waals surface area contributed by atoms with Crippen LogP contribution >= 0.6 is 11.8 Å². The summed E-state index contributed by atoms with van der Waals surface area (Å²) in [5.41, 5.74) is 4.91. The summed E-state index contributed by atoms with van der Waals surface area (Å²) in [4.78, 5) is 28.3. The van der Waals surface area contributed by atoms with E-state index < -0.39 is 0 Å². The maximum atomic E-state index is 12.8. The van der Waals surface area contributed by atoms with Crippen LogP contribution in [-0.4, -0.2) is 31.2 Å². The van der Waals surface area contributed by atoms with Gasteiger partial charge in [0.15, 0.2) is 0 Å². The van der Waals surface area contributed by atoms with Gasteiger partial charge in [-0.2, -0.15) is 0 Å². The van der Waals surface area contributed by atoms with Crippen molar-refractivity contribution in [2.45, 2.75) is 24.5 Å². The number of benzene rings is 3. The molecule has 4 rings (SSSR count). The quantitative estimate of drug-likeness (QED) is 0.520. The minimum Gasteiger partial charge on any atom is -0.380 e. The Bertz CT molecular complexity index is 1100. The Hall–Kier alpha value is -3.09. The Morgan fingerprint density at radius 2 is 1.69 bits per heavy atom. The second-order valence-electron chi connectivity index (χ2n) is 7.64. The monoisotopic (exact) mass is 446 g/mol. The molecule has 3 aromatic rings. The highest BCUT2D eigenvalue weighted by molar-refractivity contribution is 8.00. The summed E-state index contributed by atoms with van der Waals surface area (Å²) in [5, 5.41) is 2.98. The highest BCUT2D eigenvalue weighted by atomic mass is 32.2. The molecule has 3 aromatic carbocycles. The van der Waals surface area contributed by atoms with Gasteiger partial charge in [-0.25, -0.2) is 0 Å². The zero-order valence-electron chi connectivity index (χ0n) is 18.0. The SMILES string of the molecule is COCc1ccc(CNC(=O)c2ccccc2SCC(=O)N2CCc3ccccc32)cc1. The van der Waals surface area contributed by atoms with Crippen molar-refractivity contribution in [2.75, 3.05) is 24.3 Å². The molecule has 0 fully saturated rings. The normalized spacial score (nSPS) is 12.5. The Morgan fingerprint density at radius 3 is 2.50 bits per heavy atom. The summed E-state index contributed by atoms with van der Waals surface area (Å²) in [5.74, 6) is 0.207. The van der Waals surface area contributed by atoms with Gasteiger partial charge < -0.3 is 15.0 Å². The molecule has 164 valence electrons. The maximum absolute atomic E-state index is 12.8. The van der Waals surface area contributed by atoms with E-state index in [0.29, 0.717) is 31.0 Å². The first kappa shape index (κ1) is 22.1. The third kappa shape index (κ3) is 5.21. The van der Waals surface area contributed by atoms with Crippen LogP contribution in [-0.2, 0) is 29.1 Å². The molecule has 1 aliphatic heterocycles. The van der Waals surface area contributed by atoms with E-state index in [1.54, 1.807) is 13.2 Å². The van der Waals surface area contributed by atoms with E-state index >= 15 is 0 Å². The molecule has 0 unspecified atom stereocenters. The number of para-hydroxylation sites is 1. The predicted octanol–water partition coefficient (Wildman–Crippen LogP) is 4.44. The van der Waals surface area contributed by atoms with Crippen molar-refractivity contribution in [3.63, 3.8) is 0 Å². The van der Waals surface area contributed by atoms with Gasteiger partial charge in [-0.1, -0.05) is 54.6 Å². The van der Waals surface area contributed by atoms with Gasteiger partial charge in [0.05, 0.1) is 17.9 Å². The smallest absolute Gasteiger partial charge is 0.252 e. The molecular formula is C26H26N2O3S. The fourth-order valence-corrected chi connectivity index (χ4v) is 4.72. The minimum atomic E-state index is -0.145. The van der Waals surface area contributed by atoms with Crippen molar-refractivity contribution in [3.8, 4) is 0 Å². The van der Waals surface area contributed by atoms with E-state index in [4.69, 9.17) is 4.74 Å². The largest absolute Gasteiger partial charge is 0.380 e. The first-order valence-corrected chi connectivity index (χ1v) is 11.6. The zero-order chi connectivity index (χ0) is 22.3. The lowest BCUT2D eigenvalue weighted by Crippen LogP contribution is -2.30. The summed E-state index contributed by atoms with van der Waals surface area (Å²) < 4.78 is 5.13. The molecule has 0 saturated heterocycles. The van der Waals surface area contributed by atoms with Gasteiger partial charge in [0.25, 0.3) is 5.91 Å². The summed E-state index contributed by atoms with van der Waals surface area (Å²) in [7, 11) is 1.67. The number of carbonyl (C=O) groups excluding carboxylic acids is 2. The number of anilines is 1. The molecule has 0 aliphatic carbocycles. The average Bonchev–Trinajstić information content (AvgIpc) is 3.27. The fourth-order valence-electron chi connectivity index (χ4n) is 3.79. The molecule has 5 nitrogen and oxygen atoms in total. The van der Waals surface area contributed by atoms with Crippen molar-refractivity contribution in [3.05, 3.63) is 95.1 Å². The second-order valence-corrected chi connectivity index (χ2v) is 8.66. The molecule has 0 atom stereocenters. The lowest BCUT2D eigenvalue weighted by atomic mass is 10.1. The number of fused-ring (bicyclic) bond motifs is 1. The average molecular weight is 447 g/mol. The standard InChI is InChI=1S/C26H26N2O3S/c1-31-17-20-12-10-19(11-13-20)16-27-26(30)22-7-3-5-9-24(22)32-18-25(29)28-15-14-21-6-2-4-8-23(21)28/h2-13H,14-18H2,1H3,(H,27,30). The van der Waals surface area contributed by atoms with E-state index in [2.05, 4.69) is 11.4 Å². The van der Waals surface area contributed by atoms with Gasteiger partial charge in [-0.05, 0) is 41.3 Å². The molecule has 1 heterocycles. The number of hydrogen-bond donors (Lipinski definition) is 1. The number of methoxy groups -OCH3 is 1. The lowest BCUT2D eigenvalue weighted by molar-refractivity contribution is -0.116. The summed E-state index contributed by atoms with van der Waals surface area (Å²) in [6, 6.07) is 23.4. The maximum Gasteiger partial charge on any atom is 0.252 e. The molecule has 0 radical (unpaired) electrons. The first-order chi connectivity index (χ1) is 15.7. The van der Waals surface area contributed by atoms with E-state index in [9.17, 15) is 9.59 Å². The van der Waals surface area contributed by atoms with Crippen molar-refractivity contribution in [1.29, 1.82) is 0 Å². The number of nitrogens with zero attached hydrogens (tertiary/aromatic N) is 1. The Balaban J connectivity index is 1.36. The minimum absolute atomic E-state index is 0.0614. The van der Waals surface area contributed by atoms with E-state index in [0.717, 1.165) is 28.1 Å². The highest BCUT2D eigenvalue weighted by Gasteiger charge is 2.24. The third-order valence-electron chi connectivity index (χ3n) is 5.46. The van der Waals surface area contributed by atoms with Crippen LogP contribution in [0.25, 0.3) is 0 Å². The van der Waals surface area contributed by atoms with Gasteiger partial charge in [-0.3, -0.25) is 9.59 Å². The molecule has 0 saturated carbocycles. The van der Waals surface area contributed by atoms with Gasteiger partial charge in [0.1, 0.15) is 0 Å². The number of carbonyl (C=O) groups is 2. The van der Waals surface area contributed by atoms with Gasteiger partial charge in [0, 0.05) is 30.8 Å². The molecule has 2 amide bonds. The summed E-state index contributed by atoms with van der Waals surface area (Å²) in [6.45, 7) is 1.72. The number of nitrogens with one attached hydrogen (secondary N) is 1. The number of thioether (sulfide) groups is 1. The molecular weight excluding hydrogens is 420 g/mol. The number of rotatable bonds is 8. The van der Waals surface area contributed by atoms with Crippen molar-refractivity contribution in [2.24, 2.45) is 0 Å². The molecule has 32 heavy (non-hydrogen) atoms. The van der Waals surface area contributed by atoms with Crippen molar-refractivity contribution in [1.82, 2.24) is 5.32 Å². The number of ether oxygens (including phenoxy) is 1. The Morgan fingerprint density at radius 1 is 0.969 bits per heavy atom. The van der Waals surface area contributed by atoms with E-state index in [-0.39, 0.29) is 11.8 Å². The number of amides is 2. The Kier molecular flexibility index (Phi) is 7.24. The van der Waals surface area contributed by atoms with E-state index in [1.165, 1.54) is 17.3 Å². The topological polar surface area (TPSA) is 58.6 Å². The van der Waals surface area contributed by atoms with Gasteiger partial charge in [-0.15, -0.1) is 11.8 Å². The number of hydrogen-bond acceptors (Lipinski definition) is 4. The van der Waals surface area contributed by atoms with E-state index in [1.807, 2.05) is 65.6 Å².